The molecule has 0 aromatic carbocycles. The second-order valence-electron chi connectivity index (χ2n) is 2.01. The summed E-state index contributed by atoms with van der Waals surface area (Å²) < 4.78 is 0. The van der Waals surface area contributed by atoms with E-state index in [-0.39, 0.29) is 0 Å². The van der Waals surface area contributed by atoms with Crippen LogP contribution in [0, 0.1) is 0 Å². The Balaban J connectivity index is 2.39. The predicted octanol–water partition coefficient (Wildman–Crippen LogP) is 2.75. The van der Waals surface area contributed by atoms with E-state index in [1.807, 2.05) is 5.30 Å². The first-order valence-electron chi connectivity index (χ1n) is 2.93. The molecular formula is C5H8P4. The average Bonchev–Trinajstić information content (AvgIpc) is 2.33. The summed E-state index contributed by atoms with van der Waals surface area (Å²) >= 11 is 0. The molecular weight excluding hydrogens is 184 g/mol. The highest BCUT2D eigenvalue weighted by molar-refractivity contribution is 7.72. The van der Waals surface area contributed by atoms with Gasteiger partial charge in [-0.05, 0) is 22.9 Å². The lowest BCUT2D eigenvalue weighted by Crippen LogP contribution is -1.96. The van der Waals surface area contributed by atoms with Crippen molar-refractivity contribution < 1.29 is 0 Å². The molecule has 0 fully saturated rings. The molecule has 0 N–H and O–H groups in total. The lowest BCUT2D eigenvalue weighted by Gasteiger charge is -2.09. The second-order valence-corrected chi connectivity index (χ2v) is 8.18. The highest BCUT2D eigenvalue weighted by Crippen LogP contribution is 2.41. The predicted molar refractivity (Wildman–Crippen MR) is 53.3 cm³/mol. The average molecular weight is 192 g/mol. The van der Waals surface area contributed by atoms with E-state index in [9.17, 15) is 0 Å². The molecule has 1 aliphatic rings. The Hall–Kier alpha value is 1.07. The molecule has 1 aliphatic heterocycles. The summed E-state index contributed by atoms with van der Waals surface area (Å²) in [4.78, 5) is 0. The summed E-state index contributed by atoms with van der Waals surface area (Å²) in [6.45, 7) is 0. The van der Waals surface area contributed by atoms with Gasteiger partial charge in [0.1, 0.15) is 0 Å². The molecule has 0 radical (unpaired) electrons. The van der Waals surface area contributed by atoms with Crippen LogP contribution < -0.4 is 5.04 Å². The third kappa shape index (κ3) is 1.39. The van der Waals surface area contributed by atoms with Gasteiger partial charge in [-0.25, -0.2) is 0 Å². The molecule has 0 aliphatic carbocycles. The summed E-state index contributed by atoms with van der Waals surface area (Å²) in [7, 11) is 5.10. The Bertz CT molecular complexity index is 184. The minimum Gasteiger partial charge on any atom is -0.130 e. The van der Waals surface area contributed by atoms with Gasteiger partial charge >= 0.3 is 0 Å². The van der Waals surface area contributed by atoms with Gasteiger partial charge in [0.15, 0.2) is 0 Å². The van der Waals surface area contributed by atoms with E-state index in [0.717, 1.165) is 8.19 Å². The van der Waals surface area contributed by atoms with Gasteiger partial charge in [-0.15, -0.1) is 16.8 Å². The minimum absolute atomic E-state index is 1.09. The van der Waals surface area contributed by atoms with Crippen LogP contribution in [-0.4, -0.2) is 5.90 Å². The quantitative estimate of drug-likeness (QED) is 0.554. The van der Waals surface area contributed by atoms with Gasteiger partial charge < -0.3 is 0 Å². The van der Waals surface area contributed by atoms with Crippen LogP contribution in [0.5, 0.6) is 0 Å². The zero-order valence-corrected chi connectivity index (χ0v) is 8.83. The molecule has 2 heterocycles. The van der Waals surface area contributed by atoms with Gasteiger partial charge in [-0.2, -0.15) is 0 Å². The molecule has 3 atom stereocenters. The van der Waals surface area contributed by atoms with E-state index < -0.39 is 0 Å². The van der Waals surface area contributed by atoms with Gasteiger partial charge in [0.2, 0.25) is 0 Å². The first kappa shape index (κ1) is 6.76. The van der Waals surface area contributed by atoms with Gasteiger partial charge in [-0.3, -0.25) is 0 Å². The van der Waals surface area contributed by atoms with Crippen LogP contribution in [0.15, 0.2) is 5.53 Å². The van der Waals surface area contributed by atoms with Crippen molar-refractivity contribution >= 4 is 38.6 Å². The maximum absolute atomic E-state index is 2.44. The summed E-state index contributed by atoms with van der Waals surface area (Å²) in [5.74, 6) is 1.50. The molecule has 1 aromatic heterocycles. The molecule has 0 saturated heterocycles. The molecule has 9 heavy (non-hydrogen) atoms. The maximum Gasteiger partial charge on any atom is 0.00777 e. The first-order chi connectivity index (χ1) is 4.47. The molecule has 0 bridgehead atoms. The zero-order valence-electron chi connectivity index (χ0n) is 4.94. The largest absolute Gasteiger partial charge is 0.130 e. The highest BCUT2D eigenvalue weighted by atomic mass is 31.1. The summed E-state index contributed by atoms with van der Waals surface area (Å²) in [6, 6.07) is 0. The van der Waals surface area contributed by atoms with Crippen LogP contribution in [0.1, 0.15) is 5.30 Å². The van der Waals surface area contributed by atoms with Crippen molar-refractivity contribution in [1.29, 1.82) is 0 Å². The first-order valence-corrected chi connectivity index (χ1v) is 7.60. The summed E-state index contributed by atoms with van der Waals surface area (Å²) in [5, 5.41) is 3.62. The van der Waals surface area contributed by atoms with E-state index in [1.54, 1.807) is 13.2 Å². The fraction of sp³-hybridized carbons (Fsp3) is 0.400. The number of fused-ring (bicyclic) bond motifs is 1. The molecule has 0 amide bonds. The smallest absolute Gasteiger partial charge is 0.00777 e. The van der Waals surface area contributed by atoms with Crippen LogP contribution in [0.3, 0.4) is 0 Å². The van der Waals surface area contributed by atoms with E-state index >= 15 is 0 Å². The highest BCUT2D eigenvalue weighted by Gasteiger charge is 2.07. The molecule has 4 heteroatoms. The number of hydrogen-bond donors (Lipinski definition) is 0. The van der Waals surface area contributed by atoms with Crippen molar-refractivity contribution in [1.82, 2.24) is 0 Å². The lowest BCUT2D eigenvalue weighted by molar-refractivity contribution is 1.57. The Labute approximate surface area is 62.0 Å². The van der Waals surface area contributed by atoms with E-state index in [4.69, 9.17) is 0 Å². The van der Waals surface area contributed by atoms with E-state index in [0.29, 0.717) is 0 Å². The third-order valence-electron chi connectivity index (χ3n) is 1.40. The topological polar surface area (TPSA) is 0 Å². The Morgan fingerprint density at radius 1 is 1.56 bits per heavy atom. The Morgan fingerprint density at radius 2 is 2.56 bits per heavy atom. The van der Waals surface area contributed by atoms with Crippen LogP contribution in [-0.2, 0) is 6.16 Å². The zero-order chi connectivity index (χ0) is 6.10. The van der Waals surface area contributed by atoms with Crippen LogP contribution in [0.25, 0.3) is 0 Å². The maximum atomic E-state index is 2.44. The third-order valence-corrected chi connectivity index (χ3v) is 8.36. The van der Waals surface area contributed by atoms with E-state index in [2.05, 4.69) is 5.53 Å². The number of rotatable bonds is 0. The fourth-order valence-corrected chi connectivity index (χ4v) is 8.75. The Kier molecular flexibility index (Phi) is 2.24. The summed E-state index contributed by atoms with van der Waals surface area (Å²) in [5.41, 5.74) is 2.44. The van der Waals surface area contributed by atoms with Crippen molar-refractivity contribution in [3.8, 4) is 0 Å². The van der Waals surface area contributed by atoms with E-state index in [1.165, 1.54) is 29.2 Å². The van der Waals surface area contributed by atoms with Crippen LogP contribution in [0.4, 0.5) is 0 Å². The number of hydrogen-bond acceptors (Lipinski definition) is 0. The minimum atomic E-state index is 1.09. The van der Waals surface area contributed by atoms with Crippen molar-refractivity contribution in [2.24, 2.45) is 0 Å². The second kappa shape index (κ2) is 2.98. The van der Waals surface area contributed by atoms with Crippen LogP contribution in [0.2, 0.25) is 0 Å². The van der Waals surface area contributed by atoms with Crippen molar-refractivity contribution in [2.75, 3.05) is 5.90 Å². The molecule has 1 aromatic rings. The summed E-state index contributed by atoms with van der Waals surface area (Å²) in [6.07, 6.45) is 1.45. The fourth-order valence-electron chi connectivity index (χ4n) is 0.942. The molecule has 2 rings (SSSR count). The van der Waals surface area contributed by atoms with Gasteiger partial charge in [0, 0.05) is 5.04 Å². The standard InChI is InChI=1S/C5H8P4/c1-4-5(8-2-6-1)9-3-7-4/h3,6-8H,1-2H2. The molecule has 3 unspecified atom stereocenters. The lowest BCUT2D eigenvalue weighted by atomic mass is 10.7. The molecule has 48 valence electrons. The molecule has 0 nitrogen and oxygen atoms in total. The molecule has 0 saturated carbocycles. The van der Waals surface area contributed by atoms with Crippen molar-refractivity contribution in [3.63, 3.8) is 0 Å². The van der Waals surface area contributed by atoms with Gasteiger partial charge in [-0.1, -0.05) is 16.8 Å². The van der Waals surface area contributed by atoms with Gasteiger partial charge in [0.05, 0.1) is 0 Å². The normalized spacial score (nSPS) is 24.4. The Morgan fingerprint density at radius 3 is 3.44 bits per heavy atom. The van der Waals surface area contributed by atoms with Crippen molar-refractivity contribution in [3.05, 3.63) is 10.8 Å². The molecule has 0 spiro atoms. The van der Waals surface area contributed by atoms with Gasteiger partial charge in [0.25, 0.3) is 0 Å². The van der Waals surface area contributed by atoms with Crippen molar-refractivity contribution in [2.45, 2.75) is 6.16 Å². The van der Waals surface area contributed by atoms with Crippen LogP contribution >= 0.6 is 33.5 Å². The monoisotopic (exact) mass is 192 g/mol. The SMILES string of the molecule is c1pc2c([pH]1)CPCP2.